The Labute approximate surface area is 164 Å². The van der Waals surface area contributed by atoms with Gasteiger partial charge in [-0.15, -0.1) is 24.0 Å². The molecular formula is C18H23IN6. The standard InChI is InChI=1S/C18H22N6.HI/c1-3-19-18(21-12-15-9-11-23-24(15)2)22-13-17-16-7-5-4-6-14(16)8-10-20-17;/h4-11H,3,12-13H2,1-2H3,(H2,19,21,22);1H. The number of nitrogens with one attached hydrogen (secondary N) is 2. The van der Waals surface area contributed by atoms with Crippen molar-refractivity contribution in [3.05, 3.63) is 60.2 Å². The largest absolute Gasteiger partial charge is 0.357 e. The summed E-state index contributed by atoms with van der Waals surface area (Å²) < 4.78 is 1.85. The minimum atomic E-state index is 0. The first-order chi connectivity index (χ1) is 11.8. The highest BCUT2D eigenvalue weighted by atomic mass is 127. The zero-order valence-corrected chi connectivity index (χ0v) is 16.8. The lowest BCUT2D eigenvalue weighted by Crippen LogP contribution is -2.37. The van der Waals surface area contributed by atoms with Crippen LogP contribution in [0.3, 0.4) is 0 Å². The number of halogens is 1. The molecule has 0 unspecified atom stereocenters. The number of pyridine rings is 1. The van der Waals surface area contributed by atoms with Gasteiger partial charge in [0.1, 0.15) is 0 Å². The number of nitrogens with zero attached hydrogens (tertiary/aromatic N) is 4. The molecule has 6 nitrogen and oxygen atoms in total. The van der Waals surface area contributed by atoms with Crippen molar-refractivity contribution in [3.63, 3.8) is 0 Å². The number of hydrogen-bond donors (Lipinski definition) is 2. The van der Waals surface area contributed by atoms with Gasteiger partial charge in [0.2, 0.25) is 0 Å². The molecule has 0 saturated carbocycles. The number of benzene rings is 1. The lowest BCUT2D eigenvalue weighted by atomic mass is 10.1. The van der Waals surface area contributed by atoms with E-state index in [9.17, 15) is 0 Å². The Bertz CT molecular complexity index is 837. The van der Waals surface area contributed by atoms with Crippen LogP contribution in [-0.2, 0) is 20.1 Å². The van der Waals surface area contributed by atoms with Crippen LogP contribution in [0.15, 0.2) is 53.8 Å². The molecule has 1 aromatic carbocycles. The van der Waals surface area contributed by atoms with Crippen LogP contribution >= 0.6 is 24.0 Å². The van der Waals surface area contributed by atoms with E-state index in [1.165, 1.54) is 5.39 Å². The summed E-state index contributed by atoms with van der Waals surface area (Å²) in [5, 5.41) is 13.1. The predicted octanol–water partition coefficient (Wildman–Crippen LogP) is 2.84. The van der Waals surface area contributed by atoms with E-state index in [-0.39, 0.29) is 24.0 Å². The molecule has 0 saturated heterocycles. The summed E-state index contributed by atoms with van der Waals surface area (Å²) in [7, 11) is 1.93. The minimum Gasteiger partial charge on any atom is -0.357 e. The van der Waals surface area contributed by atoms with E-state index in [4.69, 9.17) is 0 Å². The van der Waals surface area contributed by atoms with Crippen molar-refractivity contribution in [2.24, 2.45) is 12.0 Å². The SMILES string of the molecule is CCNC(=NCc1nccc2ccccc12)NCc1ccnn1C.I. The number of fused-ring (bicyclic) bond motifs is 1. The average molecular weight is 450 g/mol. The van der Waals surface area contributed by atoms with Crippen LogP contribution in [0.5, 0.6) is 0 Å². The van der Waals surface area contributed by atoms with Gasteiger partial charge in [-0.25, -0.2) is 4.99 Å². The second-order valence-electron chi connectivity index (χ2n) is 5.47. The van der Waals surface area contributed by atoms with E-state index in [2.05, 4.69) is 44.8 Å². The highest BCUT2D eigenvalue weighted by Gasteiger charge is 2.04. The van der Waals surface area contributed by atoms with Crippen LogP contribution in [-0.4, -0.2) is 27.3 Å². The molecule has 3 rings (SSSR count). The summed E-state index contributed by atoms with van der Waals surface area (Å²) in [4.78, 5) is 9.15. The van der Waals surface area contributed by atoms with Crippen molar-refractivity contribution < 1.29 is 0 Å². The van der Waals surface area contributed by atoms with Crippen LogP contribution in [0.2, 0.25) is 0 Å². The monoisotopic (exact) mass is 450 g/mol. The number of aliphatic imine (C=N–C) groups is 1. The molecule has 0 aliphatic rings. The van der Waals surface area contributed by atoms with E-state index in [1.807, 2.05) is 42.2 Å². The topological polar surface area (TPSA) is 67.1 Å². The lowest BCUT2D eigenvalue weighted by molar-refractivity contribution is 0.684. The molecular weight excluding hydrogens is 427 g/mol. The van der Waals surface area contributed by atoms with E-state index >= 15 is 0 Å². The van der Waals surface area contributed by atoms with Gasteiger partial charge < -0.3 is 10.6 Å². The minimum absolute atomic E-state index is 0. The Balaban J connectivity index is 0.00000225. The Morgan fingerprint density at radius 2 is 1.96 bits per heavy atom. The van der Waals surface area contributed by atoms with Gasteiger partial charge in [0.25, 0.3) is 0 Å². The fraction of sp³-hybridized carbons (Fsp3) is 0.278. The first-order valence-electron chi connectivity index (χ1n) is 8.09. The third kappa shape index (κ3) is 4.91. The van der Waals surface area contributed by atoms with Crippen molar-refractivity contribution in [3.8, 4) is 0 Å². The fourth-order valence-corrected chi connectivity index (χ4v) is 2.55. The molecule has 2 N–H and O–H groups in total. The molecule has 2 aromatic heterocycles. The van der Waals surface area contributed by atoms with Gasteiger partial charge in [0.15, 0.2) is 5.96 Å². The van der Waals surface area contributed by atoms with Crippen molar-refractivity contribution in [1.82, 2.24) is 25.4 Å². The Kier molecular flexibility index (Phi) is 7.17. The van der Waals surface area contributed by atoms with Crippen molar-refractivity contribution >= 4 is 40.7 Å². The zero-order chi connectivity index (χ0) is 16.8. The number of guanidine groups is 1. The lowest BCUT2D eigenvalue weighted by Gasteiger charge is -2.11. The summed E-state index contributed by atoms with van der Waals surface area (Å²) in [5.41, 5.74) is 2.08. The second-order valence-corrected chi connectivity index (χ2v) is 5.47. The average Bonchev–Trinajstić information content (AvgIpc) is 3.02. The van der Waals surface area contributed by atoms with Crippen LogP contribution < -0.4 is 10.6 Å². The molecule has 0 fully saturated rings. The van der Waals surface area contributed by atoms with Crippen molar-refractivity contribution in [2.75, 3.05) is 6.54 Å². The van der Waals surface area contributed by atoms with Crippen LogP contribution in [0.1, 0.15) is 18.3 Å². The quantitative estimate of drug-likeness (QED) is 0.357. The normalized spacial score (nSPS) is 11.2. The van der Waals surface area contributed by atoms with Gasteiger partial charge in [0, 0.05) is 31.4 Å². The second kappa shape index (κ2) is 9.36. The highest BCUT2D eigenvalue weighted by molar-refractivity contribution is 14.0. The van der Waals surface area contributed by atoms with Crippen LogP contribution in [0.25, 0.3) is 10.8 Å². The van der Waals surface area contributed by atoms with Gasteiger partial charge in [-0.2, -0.15) is 5.10 Å². The summed E-state index contributed by atoms with van der Waals surface area (Å²) in [6, 6.07) is 12.3. The maximum atomic E-state index is 4.67. The molecule has 0 aliphatic carbocycles. The van der Waals surface area contributed by atoms with E-state index in [1.54, 1.807) is 6.20 Å². The van der Waals surface area contributed by atoms with Gasteiger partial charge in [-0.05, 0) is 24.4 Å². The third-order valence-corrected chi connectivity index (χ3v) is 3.85. The first-order valence-corrected chi connectivity index (χ1v) is 8.09. The van der Waals surface area contributed by atoms with Gasteiger partial charge in [-0.1, -0.05) is 24.3 Å². The molecule has 7 heteroatoms. The van der Waals surface area contributed by atoms with E-state index < -0.39 is 0 Å². The smallest absolute Gasteiger partial charge is 0.191 e. The van der Waals surface area contributed by atoms with Gasteiger partial charge in [-0.3, -0.25) is 9.67 Å². The van der Waals surface area contributed by atoms with E-state index in [0.717, 1.165) is 29.3 Å². The van der Waals surface area contributed by atoms with Crippen LogP contribution in [0, 0.1) is 0 Å². The maximum Gasteiger partial charge on any atom is 0.191 e. The first kappa shape index (κ1) is 19.2. The zero-order valence-electron chi connectivity index (χ0n) is 14.4. The fourth-order valence-electron chi connectivity index (χ4n) is 2.55. The van der Waals surface area contributed by atoms with Crippen molar-refractivity contribution in [1.29, 1.82) is 0 Å². The molecule has 25 heavy (non-hydrogen) atoms. The van der Waals surface area contributed by atoms with Gasteiger partial charge >= 0.3 is 0 Å². The highest BCUT2D eigenvalue weighted by Crippen LogP contribution is 2.16. The molecule has 0 radical (unpaired) electrons. The Morgan fingerprint density at radius 1 is 1.12 bits per heavy atom. The third-order valence-electron chi connectivity index (χ3n) is 3.85. The number of rotatable bonds is 5. The van der Waals surface area contributed by atoms with Crippen LogP contribution in [0.4, 0.5) is 0 Å². The molecule has 0 bridgehead atoms. The maximum absolute atomic E-state index is 4.67. The molecule has 132 valence electrons. The molecule has 3 aromatic rings. The molecule has 0 atom stereocenters. The number of aryl methyl sites for hydroxylation is 1. The number of aromatic nitrogens is 3. The van der Waals surface area contributed by atoms with Gasteiger partial charge in [0.05, 0.1) is 24.5 Å². The summed E-state index contributed by atoms with van der Waals surface area (Å²) in [5.74, 6) is 0.772. The molecule has 2 heterocycles. The summed E-state index contributed by atoms with van der Waals surface area (Å²) in [6.07, 6.45) is 3.63. The molecule has 0 aliphatic heterocycles. The Hall–Kier alpha value is -2.16. The Morgan fingerprint density at radius 3 is 2.72 bits per heavy atom. The predicted molar refractivity (Wildman–Crippen MR) is 112 cm³/mol. The van der Waals surface area contributed by atoms with Crippen molar-refractivity contribution in [2.45, 2.75) is 20.0 Å². The number of hydrogen-bond acceptors (Lipinski definition) is 3. The summed E-state index contributed by atoms with van der Waals surface area (Å²) in [6.45, 7) is 4.06. The van der Waals surface area contributed by atoms with E-state index in [0.29, 0.717) is 13.1 Å². The molecule has 0 spiro atoms. The molecule has 0 amide bonds. The summed E-state index contributed by atoms with van der Waals surface area (Å²) >= 11 is 0.